The summed E-state index contributed by atoms with van der Waals surface area (Å²) in [5, 5.41) is 12.4. The summed E-state index contributed by atoms with van der Waals surface area (Å²) >= 11 is 1.87. The van der Waals surface area contributed by atoms with Gasteiger partial charge in [-0.3, -0.25) is 0 Å². The number of carbonyl (C=O) groups is 1. The molecule has 2 aromatic rings. The van der Waals surface area contributed by atoms with Crippen molar-refractivity contribution >= 4 is 34.5 Å². The third kappa shape index (κ3) is 9.40. The number of hydrogen-bond donors (Lipinski definition) is 3. The number of thioether (sulfide) groups is 1. The van der Waals surface area contributed by atoms with E-state index in [9.17, 15) is 14.1 Å². The van der Waals surface area contributed by atoms with Gasteiger partial charge in [0, 0.05) is 24.8 Å². The third-order valence-electron chi connectivity index (χ3n) is 5.77. The Labute approximate surface area is 220 Å². The van der Waals surface area contributed by atoms with Gasteiger partial charge >= 0.3 is 6.09 Å². The quantitative estimate of drug-likeness (QED) is 0.388. The highest BCUT2D eigenvalue weighted by molar-refractivity contribution is 8.00. The second-order valence-electron chi connectivity index (χ2n) is 9.24. The van der Waals surface area contributed by atoms with Crippen molar-refractivity contribution in [1.82, 2.24) is 9.62 Å². The Hall–Kier alpha value is -2.11. The zero-order valence-corrected chi connectivity index (χ0v) is 22.5. The molecule has 4 unspecified atom stereocenters. The number of nitrogen functional groups attached to an aromatic ring is 1. The van der Waals surface area contributed by atoms with Gasteiger partial charge < -0.3 is 25.6 Å². The highest BCUT2D eigenvalue weighted by Crippen LogP contribution is 2.33. The minimum atomic E-state index is -1.32. The predicted molar refractivity (Wildman–Crippen MR) is 145 cm³/mol. The molecule has 0 aromatic heterocycles. The van der Waals surface area contributed by atoms with Gasteiger partial charge in [0.1, 0.15) is 11.0 Å². The molecule has 0 spiro atoms. The fourth-order valence-electron chi connectivity index (χ4n) is 4.04. The van der Waals surface area contributed by atoms with Gasteiger partial charge in [-0.05, 0) is 55.0 Å². The van der Waals surface area contributed by atoms with Crippen molar-refractivity contribution in [1.29, 1.82) is 0 Å². The van der Waals surface area contributed by atoms with Crippen molar-refractivity contribution in [3.63, 3.8) is 0 Å². The lowest BCUT2D eigenvalue weighted by Gasteiger charge is -2.26. The maximum absolute atomic E-state index is 13.0. The second kappa shape index (κ2) is 14.6. The van der Waals surface area contributed by atoms with E-state index in [0.29, 0.717) is 47.7 Å². The number of benzene rings is 2. The van der Waals surface area contributed by atoms with Gasteiger partial charge in [-0.15, -0.1) is 11.8 Å². The number of ether oxygens (including phenoxy) is 2. The summed E-state index contributed by atoms with van der Waals surface area (Å²) in [7, 11) is -1.32. The van der Waals surface area contributed by atoms with E-state index in [1.54, 1.807) is 24.3 Å². The molecule has 4 atom stereocenters. The van der Waals surface area contributed by atoms with E-state index in [2.05, 4.69) is 19.2 Å². The number of rotatable bonds is 10. The summed E-state index contributed by atoms with van der Waals surface area (Å²) in [5.41, 5.74) is 7.42. The minimum absolute atomic E-state index is 0.139. The molecule has 2 fully saturated rings. The molecule has 2 heterocycles. The van der Waals surface area contributed by atoms with Crippen LogP contribution >= 0.6 is 11.8 Å². The van der Waals surface area contributed by atoms with Crippen molar-refractivity contribution < 1.29 is 23.6 Å². The lowest BCUT2D eigenvalue weighted by Crippen LogP contribution is -2.40. The van der Waals surface area contributed by atoms with Crippen LogP contribution in [0.5, 0.6) is 0 Å². The van der Waals surface area contributed by atoms with Gasteiger partial charge in [-0.2, -0.15) is 0 Å². The van der Waals surface area contributed by atoms with Crippen LogP contribution in [0.3, 0.4) is 0 Å². The Bertz CT molecular complexity index is 942. The van der Waals surface area contributed by atoms with E-state index in [-0.39, 0.29) is 12.3 Å². The zero-order valence-electron chi connectivity index (χ0n) is 20.9. The molecule has 2 aliphatic heterocycles. The van der Waals surface area contributed by atoms with Crippen molar-refractivity contribution in [3.05, 3.63) is 60.2 Å². The molecule has 2 aliphatic rings. The second-order valence-corrected chi connectivity index (χ2v) is 11.9. The standard InChI is InChI=1S/C21H29N3O3S.C5H8O2S/c1-16(2)15-24(28(27)20-10-8-18(22)9-11-20)13-12-19(23-21(25)26)14-17-6-4-3-5-7-17;1-2-6-5-4(1)8-3-7-5/h3-11,16,19,23H,12-15,22H2,1-2H3,(H,25,26);4-5H,1-3H2. The van der Waals surface area contributed by atoms with Crippen LogP contribution in [-0.4, -0.2) is 62.9 Å². The van der Waals surface area contributed by atoms with Crippen molar-refractivity contribution in [2.45, 2.75) is 55.6 Å². The molecule has 198 valence electrons. The predicted octanol–water partition coefficient (Wildman–Crippen LogP) is 4.34. The minimum Gasteiger partial charge on any atom is -0.465 e. The summed E-state index contributed by atoms with van der Waals surface area (Å²) in [6.07, 6.45) is 1.43. The molecule has 2 saturated heterocycles. The molecule has 36 heavy (non-hydrogen) atoms. The van der Waals surface area contributed by atoms with Crippen molar-refractivity contribution in [2.24, 2.45) is 5.92 Å². The number of nitrogens with one attached hydrogen (secondary N) is 1. The molecule has 8 nitrogen and oxygen atoms in total. The van der Waals surface area contributed by atoms with E-state index in [1.807, 2.05) is 46.4 Å². The Morgan fingerprint density at radius 1 is 1.19 bits per heavy atom. The SMILES string of the molecule is C1CC2SCOC2O1.CC(C)CN(CCC(Cc1ccccc1)NC(=O)O)S(=O)c1ccc(N)cc1. The Balaban J connectivity index is 0.000000375. The van der Waals surface area contributed by atoms with Crippen molar-refractivity contribution in [2.75, 3.05) is 31.4 Å². The van der Waals surface area contributed by atoms with Crippen LogP contribution in [0.2, 0.25) is 0 Å². The first-order chi connectivity index (χ1) is 17.3. The summed E-state index contributed by atoms with van der Waals surface area (Å²) < 4.78 is 25.4. The fourth-order valence-corrected chi connectivity index (χ4v) is 6.37. The molecule has 0 saturated carbocycles. The van der Waals surface area contributed by atoms with Gasteiger partial charge in [0.05, 0.1) is 22.7 Å². The van der Waals surface area contributed by atoms with Gasteiger partial charge in [0.15, 0.2) is 6.29 Å². The van der Waals surface area contributed by atoms with Gasteiger partial charge in [0.25, 0.3) is 0 Å². The van der Waals surface area contributed by atoms with E-state index in [1.165, 1.54) is 6.42 Å². The van der Waals surface area contributed by atoms with Crippen LogP contribution < -0.4 is 11.1 Å². The summed E-state index contributed by atoms with van der Waals surface area (Å²) in [6.45, 7) is 6.21. The number of fused-ring (bicyclic) bond motifs is 1. The summed E-state index contributed by atoms with van der Waals surface area (Å²) in [5.74, 6) is 1.16. The molecule has 4 rings (SSSR count). The number of nitrogens with zero attached hydrogens (tertiary/aromatic N) is 1. The molecule has 1 amide bonds. The third-order valence-corrected chi connectivity index (χ3v) is 8.40. The molecule has 4 N–H and O–H groups in total. The average molecular weight is 536 g/mol. The van der Waals surface area contributed by atoms with Crippen LogP contribution in [0.25, 0.3) is 0 Å². The molecular formula is C26H37N3O5S2. The van der Waals surface area contributed by atoms with Gasteiger partial charge in [-0.25, -0.2) is 13.3 Å². The van der Waals surface area contributed by atoms with Crippen LogP contribution in [0, 0.1) is 5.92 Å². The van der Waals surface area contributed by atoms with Crippen LogP contribution in [0.4, 0.5) is 10.5 Å². The monoisotopic (exact) mass is 535 g/mol. The molecule has 0 bridgehead atoms. The molecule has 10 heteroatoms. The topological polar surface area (TPSA) is 114 Å². The van der Waals surface area contributed by atoms with Gasteiger partial charge in [-0.1, -0.05) is 44.2 Å². The molecule has 2 aromatic carbocycles. The van der Waals surface area contributed by atoms with E-state index in [4.69, 9.17) is 15.2 Å². The smallest absolute Gasteiger partial charge is 0.404 e. The highest BCUT2D eigenvalue weighted by atomic mass is 32.2. The largest absolute Gasteiger partial charge is 0.465 e. The lowest BCUT2D eigenvalue weighted by atomic mass is 10.0. The van der Waals surface area contributed by atoms with Crippen molar-refractivity contribution in [3.8, 4) is 0 Å². The maximum atomic E-state index is 13.0. The van der Waals surface area contributed by atoms with Gasteiger partial charge in [0.2, 0.25) is 0 Å². The number of carboxylic acid groups (broad SMARTS) is 1. The number of hydrogen-bond acceptors (Lipinski definition) is 6. The van der Waals surface area contributed by atoms with Crippen LogP contribution in [0.15, 0.2) is 59.5 Å². The Morgan fingerprint density at radius 3 is 2.56 bits per heavy atom. The van der Waals surface area contributed by atoms with E-state index < -0.39 is 17.1 Å². The zero-order chi connectivity index (χ0) is 25.9. The van der Waals surface area contributed by atoms with Crippen LogP contribution in [0.1, 0.15) is 32.3 Å². The normalized spacial score (nSPS) is 20.4. The summed E-state index contributed by atoms with van der Waals surface area (Å²) in [4.78, 5) is 11.9. The number of amides is 1. The maximum Gasteiger partial charge on any atom is 0.404 e. The first-order valence-electron chi connectivity index (χ1n) is 12.2. The summed E-state index contributed by atoms with van der Waals surface area (Å²) in [6, 6.07) is 16.6. The first-order valence-corrected chi connectivity index (χ1v) is 14.4. The molecule has 0 aliphatic carbocycles. The van der Waals surface area contributed by atoms with E-state index >= 15 is 0 Å². The average Bonchev–Trinajstić information content (AvgIpc) is 3.48. The number of nitrogens with two attached hydrogens (primary N) is 1. The number of anilines is 1. The highest BCUT2D eigenvalue weighted by Gasteiger charge is 2.34. The Morgan fingerprint density at radius 2 is 1.92 bits per heavy atom. The first kappa shape index (κ1) is 28.5. The Kier molecular flexibility index (Phi) is 11.5. The fraction of sp³-hybridized carbons (Fsp3) is 0.500. The lowest BCUT2D eigenvalue weighted by molar-refractivity contribution is -0.0818. The molecular weight excluding hydrogens is 498 g/mol. The van der Waals surface area contributed by atoms with Crippen LogP contribution in [-0.2, 0) is 26.9 Å². The van der Waals surface area contributed by atoms with E-state index in [0.717, 1.165) is 18.1 Å². The molecule has 0 radical (unpaired) electrons.